The molecule has 1 aromatic carbocycles. The summed E-state index contributed by atoms with van der Waals surface area (Å²) in [6.07, 6.45) is 6.35. The van der Waals surface area contributed by atoms with E-state index in [1.807, 2.05) is 0 Å². The lowest BCUT2D eigenvalue weighted by Gasteiger charge is -2.32. The summed E-state index contributed by atoms with van der Waals surface area (Å²) in [5, 5.41) is 13.8. The number of carbonyl (C=O) groups excluding carboxylic acids is 2. The molecule has 1 aliphatic rings. The predicted molar refractivity (Wildman–Crippen MR) is 108 cm³/mol. The van der Waals surface area contributed by atoms with Crippen LogP contribution in [0.2, 0.25) is 0 Å². The smallest absolute Gasteiger partial charge is 0.257 e. The second kappa shape index (κ2) is 8.48. The SMILES string of the molecule is Cn1cc(C(=O)NCC2CCN(C(=O)c3cn[nH]c3-c3ccc(F)cc3)CC2)cn1. The van der Waals surface area contributed by atoms with Crippen LogP contribution in [0.3, 0.4) is 0 Å². The maximum Gasteiger partial charge on any atom is 0.257 e. The molecule has 0 aliphatic carbocycles. The first kappa shape index (κ1) is 19.8. The second-order valence-electron chi connectivity index (χ2n) is 7.51. The van der Waals surface area contributed by atoms with E-state index in [1.165, 1.54) is 18.3 Å². The molecule has 2 N–H and O–H groups in total. The van der Waals surface area contributed by atoms with E-state index in [-0.39, 0.29) is 17.6 Å². The Kier molecular flexibility index (Phi) is 5.60. The number of amides is 2. The Balaban J connectivity index is 1.32. The summed E-state index contributed by atoms with van der Waals surface area (Å²) in [4.78, 5) is 27.0. The third kappa shape index (κ3) is 4.24. The maximum absolute atomic E-state index is 13.2. The molecule has 4 rings (SSSR count). The van der Waals surface area contributed by atoms with Crippen molar-refractivity contribution in [2.24, 2.45) is 13.0 Å². The number of nitrogens with zero attached hydrogens (tertiary/aromatic N) is 4. The van der Waals surface area contributed by atoms with Gasteiger partial charge < -0.3 is 10.2 Å². The van der Waals surface area contributed by atoms with E-state index in [4.69, 9.17) is 0 Å². The van der Waals surface area contributed by atoms with Crippen LogP contribution in [-0.4, -0.2) is 56.3 Å². The van der Waals surface area contributed by atoms with Crippen molar-refractivity contribution in [3.8, 4) is 11.3 Å². The van der Waals surface area contributed by atoms with Gasteiger partial charge in [0.05, 0.1) is 29.2 Å². The second-order valence-corrected chi connectivity index (χ2v) is 7.51. The lowest BCUT2D eigenvalue weighted by Crippen LogP contribution is -2.41. The molecule has 30 heavy (non-hydrogen) atoms. The van der Waals surface area contributed by atoms with Gasteiger partial charge in [0.15, 0.2) is 0 Å². The van der Waals surface area contributed by atoms with Crippen molar-refractivity contribution >= 4 is 11.8 Å². The topological polar surface area (TPSA) is 95.9 Å². The minimum absolute atomic E-state index is 0.0964. The first-order chi connectivity index (χ1) is 14.5. The quantitative estimate of drug-likeness (QED) is 0.674. The average molecular weight is 410 g/mol. The lowest BCUT2D eigenvalue weighted by molar-refractivity contribution is 0.0685. The largest absolute Gasteiger partial charge is 0.352 e. The van der Waals surface area contributed by atoms with Gasteiger partial charge in [0, 0.05) is 38.4 Å². The average Bonchev–Trinajstić information content (AvgIpc) is 3.42. The number of carbonyl (C=O) groups is 2. The first-order valence-electron chi connectivity index (χ1n) is 9.86. The summed E-state index contributed by atoms with van der Waals surface area (Å²) in [5.41, 5.74) is 2.32. The Morgan fingerprint density at radius 3 is 2.60 bits per heavy atom. The molecule has 156 valence electrons. The number of hydrogen-bond donors (Lipinski definition) is 2. The van der Waals surface area contributed by atoms with E-state index in [0.717, 1.165) is 12.8 Å². The van der Waals surface area contributed by atoms with Crippen molar-refractivity contribution in [1.82, 2.24) is 30.2 Å². The zero-order valence-electron chi connectivity index (χ0n) is 16.6. The first-order valence-corrected chi connectivity index (χ1v) is 9.86. The molecule has 1 fully saturated rings. The zero-order chi connectivity index (χ0) is 21.1. The highest BCUT2D eigenvalue weighted by atomic mass is 19.1. The van der Waals surface area contributed by atoms with Crippen molar-refractivity contribution in [2.75, 3.05) is 19.6 Å². The molecule has 0 saturated carbocycles. The molecule has 1 saturated heterocycles. The molecule has 9 heteroatoms. The van der Waals surface area contributed by atoms with E-state index in [2.05, 4.69) is 20.6 Å². The van der Waals surface area contributed by atoms with Crippen molar-refractivity contribution in [3.05, 3.63) is 59.8 Å². The molecule has 1 aliphatic heterocycles. The maximum atomic E-state index is 13.2. The van der Waals surface area contributed by atoms with Gasteiger partial charge in [-0.15, -0.1) is 0 Å². The number of benzene rings is 1. The van der Waals surface area contributed by atoms with Crippen LogP contribution in [0.1, 0.15) is 33.6 Å². The fourth-order valence-electron chi connectivity index (χ4n) is 3.67. The minimum atomic E-state index is -0.330. The number of aryl methyl sites for hydroxylation is 1. The van der Waals surface area contributed by atoms with E-state index in [9.17, 15) is 14.0 Å². The van der Waals surface area contributed by atoms with E-state index < -0.39 is 0 Å². The molecule has 0 unspecified atom stereocenters. The summed E-state index contributed by atoms with van der Waals surface area (Å²) >= 11 is 0. The van der Waals surface area contributed by atoms with Gasteiger partial charge in [0.1, 0.15) is 5.82 Å². The van der Waals surface area contributed by atoms with Gasteiger partial charge in [0.25, 0.3) is 11.8 Å². The van der Waals surface area contributed by atoms with Crippen LogP contribution in [-0.2, 0) is 7.05 Å². The molecular weight excluding hydrogens is 387 g/mol. The number of aromatic amines is 1. The number of H-pyrrole nitrogens is 1. The van der Waals surface area contributed by atoms with Crippen LogP contribution in [0.25, 0.3) is 11.3 Å². The molecule has 2 amide bonds. The van der Waals surface area contributed by atoms with Crippen LogP contribution >= 0.6 is 0 Å². The molecule has 8 nitrogen and oxygen atoms in total. The Hall–Kier alpha value is -3.49. The van der Waals surface area contributed by atoms with Gasteiger partial charge in [-0.05, 0) is 43.0 Å². The number of rotatable bonds is 5. The molecule has 3 aromatic rings. The summed E-state index contributed by atoms with van der Waals surface area (Å²) in [6.45, 7) is 1.79. The van der Waals surface area contributed by atoms with Crippen LogP contribution in [0.4, 0.5) is 4.39 Å². The van der Waals surface area contributed by atoms with Crippen molar-refractivity contribution in [1.29, 1.82) is 0 Å². The normalized spacial score (nSPS) is 14.7. The Morgan fingerprint density at radius 2 is 1.93 bits per heavy atom. The molecule has 0 spiro atoms. The summed E-state index contributed by atoms with van der Waals surface area (Å²) in [7, 11) is 1.77. The summed E-state index contributed by atoms with van der Waals surface area (Å²) in [6, 6.07) is 5.96. The predicted octanol–water partition coefficient (Wildman–Crippen LogP) is 2.23. The van der Waals surface area contributed by atoms with Gasteiger partial charge >= 0.3 is 0 Å². The Labute approximate surface area is 173 Å². The van der Waals surface area contributed by atoms with Gasteiger partial charge in [-0.25, -0.2) is 4.39 Å². The summed E-state index contributed by atoms with van der Waals surface area (Å²) in [5.74, 6) is -0.246. The van der Waals surface area contributed by atoms with Gasteiger partial charge in [0.2, 0.25) is 0 Å². The van der Waals surface area contributed by atoms with Crippen molar-refractivity contribution in [2.45, 2.75) is 12.8 Å². The molecule has 2 aromatic heterocycles. The van der Waals surface area contributed by atoms with E-state index in [0.29, 0.717) is 47.9 Å². The molecule has 0 atom stereocenters. The standard InChI is InChI=1S/C21H23FN6O2/c1-27-13-16(11-25-27)20(29)23-10-14-6-8-28(9-7-14)21(30)18-12-24-26-19(18)15-2-4-17(22)5-3-15/h2-5,11-14H,6-10H2,1H3,(H,23,29)(H,24,26). The highest BCUT2D eigenvalue weighted by Crippen LogP contribution is 2.25. The number of aromatic nitrogens is 4. The van der Waals surface area contributed by atoms with Crippen LogP contribution in [0, 0.1) is 11.7 Å². The molecule has 0 bridgehead atoms. The van der Waals surface area contributed by atoms with E-state index in [1.54, 1.807) is 41.2 Å². The summed E-state index contributed by atoms with van der Waals surface area (Å²) < 4.78 is 14.8. The number of hydrogen-bond acceptors (Lipinski definition) is 4. The highest BCUT2D eigenvalue weighted by molar-refractivity contribution is 5.99. The number of nitrogens with one attached hydrogen (secondary N) is 2. The Bertz CT molecular complexity index is 1030. The monoisotopic (exact) mass is 410 g/mol. The van der Waals surface area contributed by atoms with Crippen molar-refractivity contribution < 1.29 is 14.0 Å². The fourth-order valence-corrected chi connectivity index (χ4v) is 3.67. The lowest BCUT2D eigenvalue weighted by atomic mass is 9.96. The molecular formula is C21H23FN6O2. The van der Waals surface area contributed by atoms with Crippen LogP contribution < -0.4 is 5.32 Å². The molecule has 3 heterocycles. The van der Waals surface area contributed by atoms with Gasteiger partial charge in [-0.2, -0.15) is 10.2 Å². The van der Waals surface area contributed by atoms with Crippen molar-refractivity contribution in [3.63, 3.8) is 0 Å². The minimum Gasteiger partial charge on any atom is -0.352 e. The number of likely N-dealkylation sites (tertiary alicyclic amines) is 1. The van der Waals surface area contributed by atoms with Crippen LogP contribution in [0.15, 0.2) is 42.9 Å². The third-order valence-corrected chi connectivity index (χ3v) is 5.42. The number of piperidine rings is 1. The fraction of sp³-hybridized carbons (Fsp3) is 0.333. The Morgan fingerprint density at radius 1 is 1.20 bits per heavy atom. The van der Waals surface area contributed by atoms with Gasteiger partial charge in [-0.1, -0.05) is 0 Å². The van der Waals surface area contributed by atoms with Crippen LogP contribution in [0.5, 0.6) is 0 Å². The highest BCUT2D eigenvalue weighted by Gasteiger charge is 2.26. The third-order valence-electron chi connectivity index (χ3n) is 5.42. The number of halogens is 1. The molecule has 0 radical (unpaired) electrons. The zero-order valence-corrected chi connectivity index (χ0v) is 16.6. The van der Waals surface area contributed by atoms with E-state index >= 15 is 0 Å². The van der Waals surface area contributed by atoms with Gasteiger partial charge in [-0.3, -0.25) is 19.4 Å².